The van der Waals surface area contributed by atoms with Crippen LogP contribution in [0.4, 0.5) is 0 Å². The second kappa shape index (κ2) is 6.79. The summed E-state index contributed by atoms with van der Waals surface area (Å²) in [5, 5.41) is 0. The standard InChI is InChI=1S/C16H24N2O3S/c1-3-18(14-9-10-22(20,21)11-14)16(19)12(2)15(17)13-7-5-4-6-8-13/h4-8,12,14-15H,3,9-11,17H2,1-2H3. The molecule has 0 aliphatic carbocycles. The van der Waals surface area contributed by atoms with E-state index in [1.165, 1.54) is 0 Å². The summed E-state index contributed by atoms with van der Waals surface area (Å²) in [5.41, 5.74) is 7.13. The molecule has 1 aliphatic rings. The predicted molar refractivity (Wildman–Crippen MR) is 87.0 cm³/mol. The van der Waals surface area contributed by atoms with E-state index in [0.29, 0.717) is 13.0 Å². The van der Waals surface area contributed by atoms with Crippen molar-refractivity contribution in [2.24, 2.45) is 11.7 Å². The van der Waals surface area contributed by atoms with Crippen LogP contribution in [0.15, 0.2) is 30.3 Å². The Morgan fingerprint density at radius 3 is 2.50 bits per heavy atom. The zero-order chi connectivity index (χ0) is 16.3. The quantitative estimate of drug-likeness (QED) is 0.887. The van der Waals surface area contributed by atoms with Crippen LogP contribution < -0.4 is 5.73 Å². The molecular formula is C16H24N2O3S. The summed E-state index contributed by atoms with van der Waals surface area (Å²) >= 11 is 0. The molecule has 1 fully saturated rings. The van der Waals surface area contributed by atoms with Crippen molar-refractivity contribution in [3.63, 3.8) is 0 Å². The first-order chi connectivity index (χ1) is 10.4. The molecule has 0 bridgehead atoms. The fourth-order valence-corrected chi connectivity index (χ4v) is 4.72. The van der Waals surface area contributed by atoms with Gasteiger partial charge in [0.1, 0.15) is 0 Å². The lowest BCUT2D eigenvalue weighted by molar-refractivity contribution is -0.137. The summed E-state index contributed by atoms with van der Waals surface area (Å²) in [5.74, 6) is -0.216. The maximum Gasteiger partial charge on any atom is 0.227 e. The minimum Gasteiger partial charge on any atom is -0.339 e. The van der Waals surface area contributed by atoms with E-state index in [1.807, 2.05) is 44.2 Å². The van der Waals surface area contributed by atoms with E-state index < -0.39 is 9.84 Å². The normalized spacial score (nSPS) is 23.0. The predicted octanol–water partition coefficient (Wildman–Crippen LogP) is 1.36. The van der Waals surface area contributed by atoms with Gasteiger partial charge in [-0.2, -0.15) is 0 Å². The van der Waals surface area contributed by atoms with E-state index in [-0.39, 0.29) is 35.4 Å². The molecule has 3 unspecified atom stereocenters. The van der Waals surface area contributed by atoms with Crippen LogP contribution in [0.2, 0.25) is 0 Å². The van der Waals surface area contributed by atoms with Crippen LogP contribution in [0, 0.1) is 5.92 Å². The van der Waals surface area contributed by atoms with Crippen molar-refractivity contribution in [3.8, 4) is 0 Å². The molecule has 2 N–H and O–H groups in total. The fourth-order valence-electron chi connectivity index (χ4n) is 2.99. The Morgan fingerprint density at radius 1 is 1.36 bits per heavy atom. The number of amides is 1. The van der Waals surface area contributed by atoms with Gasteiger partial charge in [0.25, 0.3) is 0 Å². The van der Waals surface area contributed by atoms with Gasteiger partial charge in [0, 0.05) is 18.6 Å². The lowest BCUT2D eigenvalue weighted by Gasteiger charge is -2.31. The molecule has 5 nitrogen and oxygen atoms in total. The Bertz CT molecular complexity index is 616. The molecular weight excluding hydrogens is 300 g/mol. The van der Waals surface area contributed by atoms with Crippen LogP contribution in [0.5, 0.6) is 0 Å². The smallest absolute Gasteiger partial charge is 0.227 e. The molecule has 0 aromatic heterocycles. The largest absolute Gasteiger partial charge is 0.339 e. The van der Waals surface area contributed by atoms with Crippen LogP contribution in [-0.4, -0.2) is 43.3 Å². The summed E-state index contributed by atoms with van der Waals surface area (Å²) < 4.78 is 23.3. The highest BCUT2D eigenvalue weighted by Crippen LogP contribution is 2.25. The van der Waals surface area contributed by atoms with Crippen LogP contribution in [0.25, 0.3) is 0 Å². The molecule has 0 saturated carbocycles. The third-order valence-electron chi connectivity index (χ3n) is 4.39. The average Bonchev–Trinajstić information content (AvgIpc) is 2.87. The number of hydrogen-bond donors (Lipinski definition) is 1. The highest BCUT2D eigenvalue weighted by molar-refractivity contribution is 7.91. The van der Waals surface area contributed by atoms with Crippen molar-refractivity contribution in [2.45, 2.75) is 32.4 Å². The van der Waals surface area contributed by atoms with Gasteiger partial charge >= 0.3 is 0 Å². The van der Waals surface area contributed by atoms with Gasteiger partial charge in [-0.15, -0.1) is 0 Å². The zero-order valence-corrected chi connectivity index (χ0v) is 13.9. The lowest BCUT2D eigenvalue weighted by Crippen LogP contribution is -2.45. The van der Waals surface area contributed by atoms with Crippen molar-refractivity contribution >= 4 is 15.7 Å². The molecule has 122 valence electrons. The van der Waals surface area contributed by atoms with Gasteiger partial charge < -0.3 is 10.6 Å². The molecule has 0 spiro atoms. The molecule has 1 saturated heterocycles. The third kappa shape index (κ3) is 3.67. The Morgan fingerprint density at radius 2 is 2.00 bits per heavy atom. The van der Waals surface area contributed by atoms with Crippen molar-refractivity contribution in [3.05, 3.63) is 35.9 Å². The second-order valence-electron chi connectivity index (χ2n) is 5.91. The summed E-state index contributed by atoms with van der Waals surface area (Å²) in [7, 11) is -3.01. The number of rotatable bonds is 5. The summed E-state index contributed by atoms with van der Waals surface area (Å²) in [6, 6.07) is 8.91. The van der Waals surface area contributed by atoms with E-state index >= 15 is 0 Å². The molecule has 0 radical (unpaired) electrons. The zero-order valence-electron chi connectivity index (χ0n) is 13.1. The maximum atomic E-state index is 12.7. The molecule has 1 amide bonds. The van der Waals surface area contributed by atoms with Crippen molar-refractivity contribution in [1.82, 2.24) is 4.90 Å². The van der Waals surface area contributed by atoms with E-state index in [4.69, 9.17) is 5.73 Å². The molecule has 22 heavy (non-hydrogen) atoms. The number of nitrogens with zero attached hydrogens (tertiary/aromatic N) is 1. The SMILES string of the molecule is CCN(C(=O)C(C)C(N)c1ccccc1)C1CCS(=O)(=O)C1. The Balaban J connectivity index is 2.11. The van der Waals surface area contributed by atoms with Crippen LogP contribution >= 0.6 is 0 Å². The van der Waals surface area contributed by atoms with Crippen molar-refractivity contribution < 1.29 is 13.2 Å². The molecule has 1 aliphatic heterocycles. The fraction of sp³-hybridized carbons (Fsp3) is 0.562. The van der Waals surface area contributed by atoms with Crippen LogP contribution in [0.3, 0.4) is 0 Å². The number of nitrogens with two attached hydrogens (primary N) is 1. The van der Waals surface area contributed by atoms with E-state index in [1.54, 1.807) is 4.90 Å². The van der Waals surface area contributed by atoms with Gasteiger partial charge in [0.05, 0.1) is 17.4 Å². The highest BCUT2D eigenvalue weighted by Gasteiger charge is 2.36. The van der Waals surface area contributed by atoms with Gasteiger partial charge in [0.15, 0.2) is 9.84 Å². The van der Waals surface area contributed by atoms with Gasteiger partial charge in [0.2, 0.25) is 5.91 Å². The van der Waals surface area contributed by atoms with E-state index in [2.05, 4.69) is 0 Å². The number of carbonyl (C=O) groups is 1. The first kappa shape index (κ1) is 17.0. The first-order valence-electron chi connectivity index (χ1n) is 7.67. The number of carbonyl (C=O) groups excluding carboxylic acids is 1. The van der Waals surface area contributed by atoms with Crippen molar-refractivity contribution in [1.29, 1.82) is 0 Å². The molecule has 6 heteroatoms. The molecule has 1 aromatic rings. The van der Waals surface area contributed by atoms with Crippen LogP contribution in [-0.2, 0) is 14.6 Å². The highest BCUT2D eigenvalue weighted by atomic mass is 32.2. The minimum absolute atomic E-state index is 0.0686. The van der Waals surface area contributed by atoms with E-state index in [9.17, 15) is 13.2 Å². The molecule has 3 atom stereocenters. The van der Waals surface area contributed by atoms with E-state index in [0.717, 1.165) is 5.56 Å². The summed E-state index contributed by atoms with van der Waals surface area (Å²) in [6.45, 7) is 4.20. The Labute approximate surface area is 132 Å². The maximum absolute atomic E-state index is 12.7. The topological polar surface area (TPSA) is 80.5 Å². The summed E-state index contributed by atoms with van der Waals surface area (Å²) in [6.07, 6.45) is 0.523. The first-order valence-corrected chi connectivity index (χ1v) is 9.49. The number of benzene rings is 1. The van der Waals surface area contributed by atoms with Gasteiger partial charge in [-0.3, -0.25) is 4.79 Å². The Hall–Kier alpha value is -1.40. The molecule has 1 aromatic carbocycles. The Kier molecular flexibility index (Phi) is 5.24. The number of sulfone groups is 1. The second-order valence-corrected chi connectivity index (χ2v) is 8.13. The third-order valence-corrected chi connectivity index (χ3v) is 6.14. The summed E-state index contributed by atoms with van der Waals surface area (Å²) in [4.78, 5) is 14.4. The average molecular weight is 324 g/mol. The number of hydrogen-bond acceptors (Lipinski definition) is 4. The van der Waals surface area contributed by atoms with Gasteiger partial charge in [-0.1, -0.05) is 37.3 Å². The molecule has 2 rings (SSSR count). The lowest BCUT2D eigenvalue weighted by atomic mass is 9.93. The van der Waals surface area contributed by atoms with Gasteiger partial charge in [-0.05, 0) is 18.9 Å². The van der Waals surface area contributed by atoms with Gasteiger partial charge in [-0.25, -0.2) is 8.42 Å². The molecule has 1 heterocycles. The minimum atomic E-state index is -3.01. The monoisotopic (exact) mass is 324 g/mol. The van der Waals surface area contributed by atoms with Crippen molar-refractivity contribution in [2.75, 3.05) is 18.1 Å². The van der Waals surface area contributed by atoms with Crippen LogP contribution in [0.1, 0.15) is 31.9 Å².